The van der Waals surface area contributed by atoms with Crippen LogP contribution in [0.25, 0.3) is 0 Å². The van der Waals surface area contributed by atoms with Gasteiger partial charge in [0.05, 0.1) is 5.69 Å². The number of aryl methyl sites for hydroxylation is 3. The molecule has 4 N–H and O–H groups in total. The number of hydrazine groups is 1. The first kappa shape index (κ1) is 12.3. The lowest BCUT2D eigenvalue weighted by molar-refractivity contribution is 0.756. The Morgan fingerprint density at radius 1 is 1.28 bits per heavy atom. The molecule has 0 aliphatic heterocycles. The molecule has 7 nitrogen and oxygen atoms in total. The molecule has 0 atom stereocenters. The predicted octanol–water partition coefficient (Wildman–Crippen LogP) is 0.725. The number of nitrogens with one attached hydrogen (secondary N) is 2. The van der Waals surface area contributed by atoms with Crippen LogP contribution in [0.1, 0.15) is 17.1 Å². The summed E-state index contributed by atoms with van der Waals surface area (Å²) in [5, 5.41) is 7.52. The van der Waals surface area contributed by atoms with Crippen LogP contribution in [0.4, 0.5) is 11.6 Å². The fourth-order valence-corrected chi connectivity index (χ4v) is 1.74. The maximum Gasteiger partial charge on any atom is 0.145 e. The van der Waals surface area contributed by atoms with E-state index in [2.05, 4.69) is 25.8 Å². The zero-order chi connectivity index (χ0) is 13.1. The standard InChI is InChI=1S/C11H17N7/c1-7-9(6-18(3)17-7)5-13-10-4-11(16-12)15-8(2)14-10/h4,6H,5,12H2,1-3H3,(H2,13,14,15,16). The van der Waals surface area contributed by atoms with Gasteiger partial charge in [0.15, 0.2) is 0 Å². The van der Waals surface area contributed by atoms with Crippen molar-refractivity contribution in [2.24, 2.45) is 12.9 Å². The first-order valence-corrected chi connectivity index (χ1v) is 5.64. The van der Waals surface area contributed by atoms with Crippen molar-refractivity contribution in [2.45, 2.75) is 20.4 Å². The number of aromatic nitrogens is 4. The quantitative estimate of drug-likeness (QED) is 0.544. The zero-order valence-corrected chi connectivity index (χ0v) is 10.7. The fraction of sp³-hybridized carbons (Fsp3) is 0.364. The molecule has 18 heavy (non-hydrogen) atoms. The Labute approximate surface area is 105 Å². The van der Waals surface area contributed by atoms with Gasteiger partial charge in [-0.05, 0) is 13.8 Å². The van der Waals surface area contributed by atoms with Crippen molar-refractivity contribution in [3.05, 3.63) is 29.3 Å². The van der Waals surface area contributed by atoms with Crippen LogP contribution in [-0.4, -0.2) is 19.7 Å². The molecule has 0 saturated heterocycles. The second-order valence-corrected chi connectivity index (χ2v) is 4.10. The van der Waals surface area contributed by atoms with Crippen molar-refractivity contribution >= 4 is 11.6 Å². The Morgan fingerprint density at radius 3 is 2.61 bits per heavy atom. The first-order chi connectivity index (χ1) is 8.58. The molecule has 0 amide bonds. The predicted molar refractivity (Wildman–Crippen MR) is 69.9 cm³/mol. The van der Waals surface area contributed by atoms with Gasteiger partial charge < -0.3 is 10.7 Å². The third-order valence-electron chi connectivity index (χ3n) is 2.56. The van der Waals surface area contributed by atoms with E-state index in [-0.39, 0.29) is 0 Å². The summed E-state index contributed by atoms with van der Waals surface area (Å²) in [6.45, 7) is 4.47. The highest BCUT2D eigenvalue weighted by Gasteiger charge is 2.04. The van der Waals surface area contributed by atoms with Gasteiger partial charge in [-0.3, -0.25) is 4.68 Å². The van der Waals surface area contributed by atoms with Crippen molar-refractivity contribution in [1.29, 1.82) is 0 Å². The third kappa shape index (κ3) is 2.75. The number of hydrogen-bond acceptors (Lipinski definition) is 6. The summed E-state index contributed by atoms with van der Waals surface area (Å²) in [6, 6.07) is 1.76. The molecular formula is C11H17N7. The van der Waals surface area contributed by atoms with Crippen molar-refractivity contribution in [3.63, 3.8) is 0 Å². The second-order valence-electron chi connectivity index (χ2n) is 4.10. The average molecular weight is 247 g/mol. The Balaban J connectivity index is 2.10. The second kappa shape index (κ2) is 5.01. The van der Waals surface area contributed by atoms with Gasteiger partial charge in [0, 0.05) is 31.4 Å². The van der Waals surface area contributed by atoms with E-state index in [0.29, 0.717) is 18.2 Å². The summed E-state index contributed by atoms with van der Waals surface area (Å²) in [7, 11) is 1.90. The van der Waals surface area contributed by atoms with E-state index in [1.54, 1.807) is 10.7 Å². The Kier molecular flexibility index (Phi) is 3.42. The normalized spacial score (nSPS) is 10.4. The molecule has 0 aromatic carbocycles. The van der Waals surface area contributed by atoms with Gasteiger partial charge in [-0.25, -0.2) is 15.8 Å². The van der Waals surface area contributed by atoms with Crippen LogP contribution in [0.15, 0.2) is 12.3 Å². The number of hydrogen-bond donors (Lipinski definition) is 3. The molecule has 0 radical (unpaired) electrons. The minimum atomic E-state index is 0.591. The number of nitrogens with two attached hydrogens (primary N) is 1. The van der Waals surface area contributed by atoms with Gasteiger partial charge in [-0.2, -0.15) is 5.10 Å². The summed E-state index contributed by atoms with van der Waals surface area (Å²) in [4.78, 5) is 8.41. The Bertz CT molecular complexity index is 546. The fourth-order valence-electron chi connectivity index (χ4n) is 1.74. The van der Waals surface area contributed by atoms with Crippen LogP contribution in [0, 0.1) is 13.8 Å². The van der Waals surface area contributed by atoms with E-state index >= 15 is 0 Å². The third-order valence-corrected chi connectivity index (χ3v) is 2.56. The Hall–Kier alpha value is -2.15. The molecule has 0 fully saturated rings. The van der Waals surface area contributed by atoms with Gasteiger partial charge in [-0.15, -0.1) is 0 Å². The minimum absolute atomic E-state index is 0.591. The molecule has 0 unspecified atom stereocenters. The van der Waals surface area contributed by atoms with Crippen molar-refractivity contribution in [3.8, 4) is 0 Å². The van der Waals surface area contributed by atoms with E-state index < -0.39 is 0 Å². The molecule has 2 aromatic rings. The smallest absolute Gasteiger partial charge is 0.145 e. The molecule has 0 saturated carbocycles. The van der Waals surface area contributed by atoms with Gasteiger partial charge in [-0.1, -0.05) is 0 Å². The highest BCUT2D eigenvalue weighted by Crippen LogP contribution is 2.12. The summed E-state index contributed by atoms with van der Waals surface area (Å²) < 4.78 is 1.80. The lowest BCUT2D eigenvalue weighted by Crippen LogP contribution is -2.11. The minimum Gasteiger partial charge on any atom is -0.366 e. The van der Waals surface area contributed by atoms with Crippen LogP contribution in [0.5, 0.6) is 0 Å². The van der Waals surface area contributed by atoms with Crippen molar-refractivity contribution in [1.82, 2.24) is 19.7 Å². The van der Waals surface area contributed by atoms with Gasteiger partial charge in [0.2, 0.25) is 0 Å². The van der Waals surface area contributed by atoms with Gasteiger partial charge in [0.1, 0.15) is 17.5 Å². The highest BCUT2D eigenvalue weighted by molar-refractivity contribution is 5.47. The number of nitrogens with zero attached hydrogens (tertiary/aromatic N) is 4. The van der Waals surface area contributed by atoms with Gasteiger partial charge in [0.25, 0.3) is 0 Å². The number of rotatable bonds is 4. The number of anilines is 2. The molecule has 2 rings (SSSR count). The molecule has 2 heterocycles. The van der Waals surface area contributed by atoms with E-state index in [1.165, 1.54) is 0 Å². The van der Waals surface area contributed by atoms with Crippen LogP contribution < -0.4 is 16.6 Å². The van der Waals surface area contributed by atoms with Crippen LogP contribution in [-0.2, 0) is 13.6 Å². The van der Waals surface area contributed by atoms with E-state index in [1.807, 2.05) is 27.1 Å². The monoisotopic (exact) mass is 247 g/mol. The lowest BCUT2D eigenvalue weighted by atomic mass is 10.2. The van der Waals surface area contributed by atoms with E-state index in [9.17, 15) is 0 Å². The zero-order valence-electron chi connectivity index (χ0n) is 10.7. The van der Waals surface area contributed by atoms with Crippen LogP contribution >= 0.6 is 0 Å². The highest BCUT2D eigenvalue weighted by atomic mass is 15.3. The summed E-state index contributed by atoms with van der Waals surface area (Å²) in [6.07, 6.45) is 1.98. The molecule has 0 spiro atoms. The SMILES string of the molecule is Cc1nc(NN)cc(NCc2cn(C)nc2C)n1. The topological polar surface area (TPSA) is 93.7 Å². The summed E-state index contributed by atoms with van der Waals surface area (Å²) in [5.41, 5.74) is 4.66. The Morgan fingerprint density at radius 2 is 2.00 bits per heavy atom. The van der Waals surface area contributed by atoms with Gasteiger partial charge >= 0.3 is 0 Å². The molecule has 0 bridgehead atoms. The van der Waals surface area contributed by atoms with Crippen molar-refractivity contribution in [2.75, 3.05) is 10.7 Å². The van der Waals surface area contributed by atoms with E-state index in [0.717, 1.165) is 17.1 Å². The largest absolute Gasteiger partial charge is 0.366 e. The van der Waals surface area contributed by atoms with Crippen molar-refractivity contribution < 1.29 is 0 Å². The molecule has 2 aromatic heterocycles. The first-order valence-electron chi connectivity index (χ1n) is 5.64. The van der Waals surface area contributed by atoms with Crippen LogP contribution in [0.3, 0.4) is 0 Å². The van der Waals surface area contributed by atoms with Crippen LogP contribution in [0.2, 0.25) is 0 Å². The molecule has 7 heteroatoms. The lowest BCUT2D eigenvalue weighted by Gasteiger charge is -2.07. The molecule has 0 aliphatic carbocycles. The maximum absolute atomic E-state index is 5.34. The molecular weight excluding hydrogens is 230 g/mol. The maximum atomic E-state index is 5.34. The molecule has 96 valence electrons. The van der Waals surface area contributed by atoms with E-state index in [4.69, 9.17) is 5.84 Å². The average Bonchev–Trinajstić information content (AvgIpc) is 2.64. The summed E-state index contributed by atoms with van der Waals surface area (Å²) in [5.74, 6) is 7.33. The molecule has 0 aliphatic rings. The summed E-state index contributed by atoms with van der Waals surface area (Å²) >= 11 is 0. The number of nitrogen functional groups attached to an aromatic ring is 1.